The van der Waals surface area contributed by atoms with Gasteiger partial charge in [-0.3, -0.25) is 0 Å². The summed E-state index contributed by atoms with van der Waals surface area (Å²) in [5, 5.41) is 0. The van der Waals surface area contributed by atoms with Crippen LogP contribution >= 0.6 is 0 Å². The van der Waals surface area contributed by atoms with Crippen molar-refractivity contribution in [2.45, 2.75) is 51.3 Å². The quantitative estimate of drug-likeness (QED) is 0.342. The van der Waals surface area contributed by atoms with Gasteiger partial charge >= 0.3 is 12.3 Å². The van der Waals surface area contributed by atoms with E-state index < -0.39 is 17.8 Å². The Morgan fingerprint density at radius 3 is 1.74 bits per heavy atom. The Hall–Kier alpha value is -1.95. The first-order valence-corrected chi connectivity index (χ1v) is 8.99. The van der Waals surface area contributed by atoms with Gasteiger partial charge in [-0.2, -0.15) is 22.0 Å². The zero-order chi connectivity index (χ0) is 19.9. The first-order chi connectivity index (χ1) is 12.7. The third-order valence-electron chi connectivity index (χ3n) is 4.31. The van der Waals surface area contributed by atoms with Crippen molar-refractivity contribution < 1.29 is 26.7 Å². The minimum atomic E-state index is -4.41. The molecular formula is C21H23F5O. The third-order valence-corrected chi connectivity index (χ3v) is 4.31. The molecule has 1 nitrogen and oxygen atoms in total. The zero-order valence-corrected chi connectivity index (χ0v) is 15.2. The van der Waals surface area contributed by atoms with Crippen LogP contribution in [0.2, 0.25) is 0 Å². The van der Waals surface area contributed by atoms with Crippen LogP contribution in [0.3, 0.4) is 0 Å². The van der Waals surface area contributed by atoms with Gasteiger partial charge in [-0.1, -0.05) is 56.2 Å². The predicted molar refractivity (Wildman–Crippen MR) is 94.7 cm³/mol. The molecule has 27 heavy (non-hydrogen) atoms. The highest BCUT2D eigenvalue weighted by Crippen LogP contribution is 2.31. The second kappa shape index (κ2) is 9.31. The predicted octanol–water partition coefficient (Wildman–Crippen LogP) is 6.75. The Balaban J connectivity index is 1.87. The van der Waals surface area contributed by atoms with E-state index in [0.717, 1.165) is 43.4 Å². The van der Waals surface area contributed by atoms with E-state index in [4.69, 9.17) is 4.74 Å². The molecule has 0 N–H and O–H groups in total. The van der Waals surface area contributed by atoms with Crippen LogP contribution in [0.4, 0.5) is 22.0 Å². The molecule has 0 aliphatic heterocycles. The van der Waals surface area contributed by atoms with Gasteiger partial charge in [0.15, 0.2) is 0 Å². The first kappa shape index (κ1) is 21.4. The van der Waals surface area contributed by atoms with Gasteiger partial charge in [0, 0.05) is 0 Å². The summed E-state index contributed by atoms with van der Waals surface area (Å²) in [5.41, 5.74) is 0.517. The van der Waals surface area contributed by atoms with Crippen molar-refractivity contribution in [1.29, 1.82) is 0 Å². The number of rotatable bonds is 9. The highest BCUT2D eigenvalue weighted by atomic mass is 19.4. The molecule has 0 unspecified atom stereocenters. The molecule has 0 saturated carbocycles. The number of halogens is 5. The standard InChI is InChI=1S/C21H23F5O/c1-2-3-4-5-16-8-12-19(13-9-16)21(25,26)27-15-14-17-6-10-18(11-7-17)20(22,23)24/h6-13H,2-5,14-15H2,1H3. The summed E-state index contributed by atoms with van der Waals surface area (Å²) >= 11 is 0. The van der Waals surface area contributed by atoms with Gasteiger partial charge in [-0.15, -0.1) is 0 Å². The first-order valence-electron chi connectivity index (χ1n) is 8.99. The van der Waals surface area contributed by atoms with Crippen LogP contribution in [-0.2, 0) is 29.9 Å². The average Bonchev–Trinajstić information content (AvgIpc) is 2.62. The number of unbranched alkanes of at least 4 members (excludes halogenated alkanes) is 2. The van der Waals surface area contributed by atoms with Crippen molar-refractivity contribution >= 4 is 0 Å². The second-order valence-corrected chi connectivity index (χ2v) is 6.46. The fraction of sp³-hybridized carbons (Fsp3) is 0.429. The summed E-state index contributed by atoms with van der Waals surface area (Å²) in [4.78, 5) is 0. The zero-order valence-electron chi connectivity index (χ0n) is 15.2. The van der Waals surface area contributed by atoms with E-state index in [2.05, 4.69) is 6.92 Å². The molecule has 0 fully saturated rings. The molecule has 0 radical (unpaired) electrons. The van der Waals surface area contributed by atoms with Gasteiger partial charge in [0.2, 0.25) is 0 Å². The van der Waals surface area contributed by atoms with Gasteiger partial charge in [0.1, 0.15) is 0 Å². The topological polar surface area (TPSA) is 9.23 Å². The molecular weight excluding hydrogens is 363 g/mol. The molecule has 0 spiro atoms. The Bertz CT molecular complexity index is 690. The molecule has 0 aliphatic rings. The molecule has 6 heteroatoms. The number of hydrogen-bond acceptors (Lipinski definition) is 1. The second-order valence-electron chi connectivity index (χ2n) is 6.46. The number of ether oxygens (including phenoxy) is 1. The largest absolute Gasteiger partial charge is 0.416 e. The van der Waals surface area contributed by atoms with Crippen LogP contribution in [0.5, 0.6) is 0 Å². The lowest BCUT2D eigenvalue weighted by Gasteiger charge is -2.17. The summed E-state index contributed by atoms with van der Waals surface area (Å²) in [7, 11) is 0. The SMILES string of the molecule is CCCCCc1ccc(C(F)(F)OCCc2ccc(C(F)(F)F)cc2)cc1. The number of aryl methyl sites for hydroxylation is 1. The van der Waals surface area contributed by atoms with E-state index >= 15 is 0 Å². The van der Waals surface area contributed by atoms with Crippen LogP contribution in [0, 0.1) is 0 Å². The molecule has 0 aromatic heterocycles. The van der Waals surface area contributed by atoms with E-state index in [1.807, 2.05) is 0 Å². The van der Waals surface area contributed by atoms with Crippen molar-refractivity contribution in [3.05, 3.63) is 70.8 Å². The van der Waals surface area contributed by atoms with Crippen LogP contribution in [0.15, 0.2) is 48.5 Å². The summed E-state index contributed by atoms with van der Waals surface area (Å²) < 4.78 is 70.5. The van der Waals surface area contributed by atoms with Crippen molar-refractivity contribution in [2.75, 3.05) is 6.61 Å². The van der Waals surface area contributed by atoms with Crippen LogP contribution in [0.25, 0.3) is 0 Å². The Morgan fingerprint density at radius 1 is 0.704 bits per heavy atom. The summed E-state index contributed by atoms with van der Waals surface area (Å²) in [6, 6.07) is 10.5. The van der Waals surface area contributed by atoms with Gasteiger partial charge in [-0.05, 0) is 42.5 Å². The van der Waals surface area contributed by atoms with Crippen LogP contribution in [0.1, 0.15) is 48.4 Å². The van der Waals surface area contributed by atoms with E-state index in [9.17, 15) is 22.0 Å². The van der Waals surface area contributed by atoms with E-state index in [1.54, 1.807) is 12.1 Å². The fourth-order valence-electron chi connectivity index (χ4n) is 2.69. The van der Waals surface area contributed by atoms with E-state index in [1.165, 1.54) is 24.3 Å². The van der Waals surface area contributed by atoms with Crippen LogP contribution < -0.4 is 0 Å². The van der Waals surface area contributed by atoms with E-state index in [-0.39, 0.29) is 18.6 Å². The molecule has 148 valence electrons. The monoisotopic (exact) mass is 386 g/mol. The smallest absolute Gasteiger partial charge is 0.316 e. The number of hydrogen-bond donors (Lipinski definition) is 0. The summed E-state index contributed by atoms with van der Waals surface area (Å²) in [6.07, 6.45) is -3.67. The maximum atomic E-state index is 14.1. The third kappa shape index (κ3) is 6.61. The van der Waals surface area contributed by atoms with Crippen molar-refractivity contribution in [1.82, 2.24) is 0 Å². The molecule has 0 amide bonds. The molecule has 0 aliphatic carbocycles. The maximum Gasteiger partial charge on any atom is 0.416 e. The lowest BCUT2D eigenvalue weighted by Crippen LogP contribution is -2.19. The van der Waals surface area contributed by atoms with Gasteiger partial charge < -0.3 is 4.74 Å². The summed E-state index contributed by atoms with van der Waals surface area (Å²) in [5.74, 6) is 0. The lowest BCUT2D eigenvalue weighted by atomic mass is 10.1. The minimum Gasteiger partial charge on any atom is -0.316 e. The maximum absolute atomic E-state index is 14.1. The van der Waals surface area contributed by atoms with Gasteiger partial charge in [0.05, 0.1) is 17.7 Å². The Morgan fingerprint density at radius 2 is 1.22 bits per heavy atom. The van der Waals surface area contributed by atoms with E-state index in [0.29, 0.717) is 5.56 Å². The number of alkyl halides is 5. The molecule has 0 atom stereocenters. The molecule has 2 rings (SSSR count). The van der Waals surface area contributed by atoms with Crippen molar-refractivity contribution in [3.63, 3.8) is 0 Å². The Kier molecular flexibility index (Phi) is 7.36. The molecule has 0 heterocycles. The van der Waals surface area contributed by atoms with Crippen molar-refractivity contribution in [3.8, 4) is 0 Å². The average molecular weight is 386 g/mol. The van der Waals surface area contributed by atoms with Gasteiger partial charge in [0.25, 0.3) is 0 Å². The van der Waals surface area contributed by atoms with Crippen molar-refractivity contribution in [2.24, 2.45) is 0 Å². The fourth-order valence-corrected chi connectivity index (χ4v) is 2.69. The Labute approximate surface area is 156 Å². The molecule has 2 aromatic carbocycles. The van der Waals surface area contributed by atoms with Crippen LogP contribution in [-0.4, -0.2) is 6.61 Å². The number of benzene rings is 2. The normalized spacial score (nSPS) is 12.4. The molecule has 0 bridgehead atoms. The minimum absolute atomic E-state index is 0.100. The highest BCUT2D eigenvalue weighted by Gasteiger charge is 2.33. The molecule has 2 aromatic rings. The molecule has 0 saturated heterocycles. The lowest BCUT2D eigenvalue weighted by molar-refractivity contribution is -0.248. The van der Waals surface area contributed by atoms with Gasteiger partial charge in [-0.25, -0.2) is 0 Å². The highest BCUT2D eigenvalue weighted by molar-refractivity contribution is 5.26. The summed E-state index contributed by atoms with van der Waals surface area (Å²) in [6.45, 7) is 1.81.